The van der Waals surface area contributed by atoms with Gasteiger partial charge in [-0.15, -0.1) is 0 Å². The van der Waals surface area contributed by atoms with Gasteiger partial charge >= 0.3 is 15.4 Å². The Bertz CT molecular complexity index is 287. The summed E-state index contributed by atoms with van der Waals surface area (Å²) in [5.41, 5.74) is -0.749. The normalized spacial score (nSPS) is 20.3. The Morgan fingerprint density at radius 2 is 1.60 bits per heavy atom. The second kappa shape index (κ2) is 5.58. The van der Waals surface area contributed by atoms with Gasteiger partial charge in [0, 0.05) is 0 Å². The van der Waals surface area contributed by atoms with E-state index in [1.807, 2.05) is 0 Å². The van der Waals surface area contributed by atoms with E-state index < -0.39 is 21.1 Å². The highest BCUT2D eigenvalue weighted by atomic mass is 31.3. The van der Waals surface area contributed by atoms with Gasteiger partial charge in [-0.1, -0.05) is 27.7 Å². The van der Waals surface area contributed by atoms with E-state index in [0.717, 1.165) is 0 Å². The highest BCUT2D eigenvalue weighted by Crippen LogP contribution is 2.62. The average molecular weight is 260 g/mol. The Hall–Kier alpha value is 0.300. The second-order valence-electron chi connectivity index (χ2n) is 3.90. The van der Waals surface area contributed by atoms with Crippen LogP contribution in [0.5, 0.6) is 0 Å². The fraction of sp³-hybridized carbons (Fsp3) is 1.00. The molecular formula is C7H18O6P2. The molecule has 2 atom stereocenters. The molecule has 0 aromatic rings. The lowest BCUT2D eigenvalue weighted by molar-refractivity contribution is 0.176. The van der Waals surface area contributed by atoms with E-state index in [4.69, 9.17) is 4.89 Å². The molecule has 6 nitrogen and oxygen atoms in total. The van der Waals surface area contributed by atoms with Gasteiger partial charge < -0.3 is 9.79 Å². The Morgan fingerprint density at radius 3 is 1.93 bits per heavy atom. The van der Waals surface area contributed by atoms with Crippen LogP contribution in [0.2, 0.25) is 0 Å². The molecule has 0 spiro atoms. The molecule has 0 bridgehead atoms. The smallest absolute Gasteiger partial charge is 0.324 e. The van der Waals surface area contributed by atoms with Crippen molar-refractivity contribution in [2.45, 2.75) is 33.4 Å². The van der Waals surface area contributed by atoms with Gasteiger partial charge in [0.2, 0.25) is 0 Å². The molecule has 0 fully saturated rings. The van der Waals surface area contributed by atoms with Crippen LogP contribution in [-0.4, -0.2) is 22.1 Å². The summed E-state index contributed by atoms with van der Waals surface area (Å²) in [7, 11) is -8.52. The maximum atomic E-state index is 11.3. The van der Waals surface area contributed by atoms with Gasteiger partial charge in [-0.2, -0.15) is 0 Å². The van der Waals surface area contributed by atoms with Crippen LogP contribution in [0.4, 0.5) is 0 Å². The molecule has 2 N–H and O–H groups in total. The van der Waals surface area contributed by atoms with E-state index in [9.17, 15) is 14.0 Å². The van der Waals surface area contributed by atoms with Crippen molar-refractivity contribution in [2.24, 2.45) is 5.92 Å². The molecule has 0 aromatic carbocycles. The van der Waals surface area contributed by atoms with Crippen LogP contribution >= 0.6 is 15.4 Å². The summed E-state index contributed by atoms with van der Waals surface area (Å²) >= 11 is 0. The van der Waals surface area contributed by atoms with Crippen molar-refractivity contribution in [1.29, 1.82) is 0 Å². The maximum Gasteiger partial charge on any atom is 0.479 e. The minimum absolute atomic E-state index is 0.00806. The van der Waals surface area contributed by atoms with Gasteiger partial charge in [-0.3, -0.25) is 9.09 Å². The van der Waals surface area contributed by atoms with Gasteiger partial charge in [0.05, 0.1) is 12.3 Å². The summed E-state index contributed by atoms with van der Waals surface area (Å²) < 4.78 is 31.3. The SMILES string of the molecule is CC(C)COP(=O)(O)OP(=O)(O)C(C)C. The van der Waals surface area contributed by atoms with E-state index in [2.05, 4.69) is 8.83 Å². The van der Waals surface area contributed by atoms with Crippen molar-refractivity contribution >= 4 is 15.4 Å². The summed E-state index contributed by atoms with van der Waals surface area (Å²) in [4.78, 5) is 18.3. The molecule has 2 unspecified atom stereocenters. The lowest BCUT2D eigenvalue weighted by atomic mass is 10.2. The third-order valence-corrected chi connectivity index (χ3v) is 4.99. The molecule has 92 valence electrons. The second-order valence-corrected chi connectivity index (χ2v) is 7.91. The third-order valence-electron chi connectivity index (χ3n) is 1.44. The number of phosphoric acid groups is 1. The Labute approximate surface area is 89.8 Å². The minimum atomic E-state index is -4.43. The van der Waals surface area contributed by atoms with Gasteiger partial charge in [0.15, 0.2) is 0 Å². The molecule has 0 aromatic heterocycles. The van der Waals surface area contributed by atoms with Crippen LogP contribution in [0, 0.1) is 5.92 Å². The molecule has 0 saturated carbocycles. The number of hydrogen-bond acceptors (Lipinski definition) is 4. The van der Waals surface area contributed by atoms with E-state index in [1.54, 1.807) is 13.8 Å². The summed E-state index contributed by atoms with van der Waals surface area (Å²) in [5.74, 6) is 0.0335. The lowest BCUT2D eigenvalue weighted by Gasteiger charge is -2.19. The lowest BCUT2D eigenvalue weighted by Crippen LogP contribution is -2.05. The third kappa shape index (κ3) is 6.46. The molecule has 0 amide bonds. The van der Waals surface area contributed by atoms with Crippen LogP contribution in [-0.2, 0) is 18.0 Å². The number of rotatable bonds is 6. The minimum Gasteiger partial charge on any atom is -0.324 e. The summed E-state index contributed by atoms with van der Waals surface area (Å²) in [6, 6.07) is 0. The van der Waals surface area contributed by atoms with Crippen molar-refractivity contribution in [1.82, 2.24) is 0 Å². The zero-order valence-corrected chi connectivity index (χ0v) is 11.1. The molecule has 0 aliphatic heterocycles. The zero-order valence-electron chi connectivity index (χ0n) is 9.28. The molecule has 0 heterocycles. The maximum absolute atomic E-state index is 11.3. The van der Waals surface area contributed by atoms with Crippen LogP contribution in [0.15, 0.2) is 0 Å². The van der Waals surface area contributed by atoms with E-state index in [-0.39, 0.29) is 12.5 Å². The predicted molar refractivity (Wildman–Crippen MR) is 56.7 cm³/mol. The fourth-order valence-corrected chi connectivity index (χ4v) is 3.12. The average Bonchev–Trinajstić information content (AvgIpc) is 1.99. The Kier molecular flexibility index (Phi) is 5.69. The number of phosphoric ester groups is 1. The van der Waals surface area contributed by atoms with Crippen molar-refractivity contribution < 1.29 is 27.8 Å². The largest absolute Gasteiger partial charge is 0.479 e. The van der Waals surface area contributed by atoms with E-state index in [1.165, 1.54) is 13.8 Å². The van der Waals surface area contributed by atoms with Gasteiger partial charge in [0.25, 0.3) is 0 Å². The molecule has 0 aliphatic carbocycles. The molecular weight excluding hydrogens is 242 g/mol. The van der Waals surface area contributed by atoms with Crippen LogP contribution in [0.1, 0.15) is 27.7 Å². The quantitative estimate of drug-likeness (QED) is 0.712. The first kappa shape index (κ1) is 15.3. The molecule has 8 heteroatoms. The first-order valence-electron chi connectivity index (χ1n) is 4.58. The Morgan fingerprint density at radius 1 is 1.13 bits per heavy atom. The molecule has 0 saturated heterocycles. The highest BCUT2D eigenvalue weighted by molar-refractivity contribution is 7.64. The zero-order chi connectivity index (χ0) is 12.3. The first-order valence-corrected chi connectivity index (χ1v) is 7.72. The highest BCUT2D eigenvalue weighted by Gasteiger charge is 2.36. The van der Waals surface area contributed by atoms with E-state index >= 15 is 0 Å². The summed E-state index contributed by atoms with van der Waals surface area (Å²) in [5, 5.41) is 0. The van der Waals surface area contributed by atoms with E-state index in [0.29, 0.717) is 0 Å². The predicted octanol–water partition coefficient (Wildman–Crippen LogP) is 2.37. The fourth-order valence-electron chi connectivity index (χ4n) is 0.509. The topological polar surface area (TPSA) is 93.1 Å². The van der Waals surface area contributed by atoms with Gasteiger partial charge in [0.1, 0.15) is 0 Å². The number of hydrogen-bond donors (Lipinski definition) is 2. The van der Waals surface area contributed by atoms with Crippen LogP contribution < -0.4 is 0 Å². The monoisotopic (exact) mass is 260 g/mol. The van der Waals surface area contributed by atoms with Crippen molar-refractivity contribution in [3.8, 4) is 0 Å². The summed E-state index contributed by atoms with van der Waals surface area (Å²) in [6.07, 6.45) is 0. The van der Waals surface area contributed by atoms with Gasteiger partial charge in [-0.05, 0) is 5.92 Å². The molecule has 0 radical (unpaired) electrons. The molecule has 0 rings (SSSR count). The van der Waals surface area contributed by atoms with Gasteiger partial charge in [-0.25, -0.2) is 8.88 Å². The van der Waals surface area contributed by atoms with Crippen LogP contribution in [0.3, 0.4) is 0 Å². The van der Waals surface area contributed by atoms with Crippen molar-refractivity contribution in [3.63, 3.8) is 0 Å². The van der Waals surface area contributed by atoms with Crippen molar-refractivity contribution in [3.05, 3.63) is 0 Å². The van der Waals surface area contributed by atoms with Crippen molar-refractivity contribution in [2.75, 3.05) is 6.61 Å². The van der Waals surface area contributed by atoms with Crippen LogP contribution in [0.25, 0.3) is 0 Å². The standard InChI is InChI=1S/C7H18O6P2/c1-6(2)5-12-15(10,11)13-14(8,9)7(3)4/h6-7H,5H2,1-4H3,(H,8,9)(H,10,11). The molecule has 0 aliphatic rings. The summed E-state index contributed by atoms with van der Waals surface area (Å²) in [6.45, 7) is 6.39. The Balaban J connectivity index is 4.38. The first-order chi connectivity index (χ1) is 6.57. The molecule has 15 heavy (non-hydrogen) atoms.